The molecule has 5 nitrogen and oxygen atoms in total. The number of benzene rings is 2. The smallest absolute Gasteiger partial charge is 0.336 e. The second-order valence-corrected chi connectivity index (χ2v) is 8.07. The summed E-state index contributed by atoms with van der Waals surface area (Å²) in [5.41, 5.74) is 2.91. The summed E-state index contributed by atoms with van der Waals surface area (Å²) in [6.45, 7) is 2.50. The molecule has 4 aromatic rings. The fourth-order valence-corrected chi connectivity index (χ4v) is 4.17. The van der Waals surface area contributed by atoms with Crippen molar-refractivity contribution < 1.29 is 13.9 Å². The topological polar surface area (TPSA) is 59.8 Å². The molecular formula is C24H21NO4S. The van der Waals surface area contributed by atoms with Crippen LogP contribution in [0.5, 0.6) is 5.75 Å². The summed E-state index contributed by atoms with van der Waals surface area (Å²) in [5.74, 6) is 0.354. The molecule has 0 saturated carbocycles. The van der Waals surface area contributed by atoms with E-state index in [2.05, 4.69) is 0 Å². The summed E-state index contributed by atoms with van der Waals surface area (Å²) >= 11 is 1.64. The fourth-order valence-electron chi connectivity index (χ4n) is 3.21. The van der Waals surface area contributed by atoms with Gasteiger partial charge in [-0.25, -0.2) is 4.79 Å². The zero-order chi connectivity index (χ0) is 21.1. The molecular weight excluding hydrogens is 398 g/mol. The van der Waals surface area contributed by atoms with Gasteiger partial charge in [-0.2, -0.15) is 0 Å². The van der Waals surface area contributed by atoms with Crippen LogP contribution < -0.4 is 10.4 Å². The number of amides is 1. The third-order valence-corrected chi connectivity index (χ3v) is 5.95. The van der Waals surface area contributed by atoms with Gasteiger partial charge in [-0.3, -0.25) is 4.79 Å². The zero-order valence-corrected chi connectivity index (χ0v) is 17.6. The van der Waals surface area contributed by atoms with Gasteiger partial charge in [0.15, 0.2) is 6.61 Å². The molecule has 0 aliphatic rings. The van der Waals surface area contributed by atoms with Crippen molar-refractivity contribution in [3.8, 4) is 16.9 Å². The second-order valence-electron chi connectivity index (χ2n) is 7.07. The summed E-state index contributed by atoms with van der Waals surface area (Å²) in [7, 11) is 1.76. The summed E-state index contributed by atoms with van der Waals surface area (Å²) in [6, 6.07) is 18.5. The number of hydrogen-bond donors (Lipinski definition) is 0. The van der Waals surface area contributed by atoms with Crippen LogP contribution in [0, 0.1) is 6.92 Å². The number of thiophene rings is 1. The van der Waals surface area contributed by atoms with Gasteiger partial charge in [-0.05, 0) is 47.2 Å². The Kier molecular flexibility index (Phi) is 5.68. The minimum atomic E-state index is -0.430. The molecule has 0 radical (unpaired) electrons. The Morgan fingerprint density at radius 1 is 1.10 bits per heavy atom. The quantitative estimate of drug-likeness (QED) is 0.419. The molecule has 0 aliphatic heterocycles. The molecule has 2 aromatic heterocycles. The molecule has 2 heterocycles. The van der Waals surface area contributed by atoms with Crippen molar-refractivity contribution in [2.75, 3.05) is 13.7 Å². The zero-order valence-electron chi connectivity index (χ0n) is 16.8. The maximum absolute atomic E-state index is 12.4. The average molecular weight is 420 g/mol. The van der Waals surface area contributed by atoms with Crippen molar-refractivity contribution in [2.45, 2.75) is 13.5 Å². The number of nitrogens with zero attached hydrogens (tertiary/aromatic N) is 1. The van der Waals surface area contributed by atoms with E-state index in [0.29, 0.717) is 17.9 Å². The summed E-state index contributed by atoms with van der Waals surface area (Å²) in [6.07, 6.45) is 0. The number of rotatable bonds is 6. The van der Waals surface area contributed by atoms with Crippen LogP contribution in [0.25, 0.3) is 22.1 Å². The highest BCUT2D eigenvalue weighted by atomic mass is 32.1. The molecule has 2 aromatic carbocycles. The van der Waals surface area contributed by atoms with Crippen LogP contribution in [0.4, 0.5) is 0 Å². The van der Waals surface area contributed by atoms with Crippen LogP contribution in [-0.2, 0) is 11.3 Å². The predicted octanol–water partition coefficient (Wildman–Crippen LogP) is 4.87. The minimum absolute atomic E-state index is 0.0883. The molecule has 0 saturated heterocycles. The number of carbonyl (C=O) groups is 1. The molecule has 0 N–H and O–H groups in total. The summed E-state index contributed by atoms with van der Waals surface area (Å²) in [4.78, 5) is 27.3. The Balaban J connectivity index is 1.51. The van der Waals surface area contributed by atoms with Gasteiger partial charge in [0.1, 0.15) is 11.3 Å². The molecule has 1 amide bonds. The molecule has 0 fully saturated rings. The molecule has 6 heteroatoms. The summed E-state index contributed by atoms with van der Waals surface area (Å²) in [5, 5.41) is 2.83. The minimum Gasteiger partial charge on any atom is -0.484 e. The Bertz CT molecular complexity index is 1240. The lowest BCUT2D eigenvalue weighted by molar-refractivity contribution is -0.132. The molecule has 0 atom stereocenters. The standard InChI is InChI=1S/C24H21NO4S/c1-16-10-11-30-22(16)14-25(2)23(26)15-28-18-8-9-19-20(17-6-4-3-5-7-17)13-24(27)29-21(19)12-18/h3-13H,14-15H2,1-2H3. The van der Waals surface area contributed by atoms with E-state index in [1.54, 1.807) is 35.4 Å². The first-order chi connectivity index (χ1) is 14.5. The molecule has 0 aliphatic carbocycles. The molecule has 0 spiro atoms. The number of fused-ring (bicyclic) bond motifs is 1. The number of hydrogen-bond acceptors (Lipinski definition) is 5. The van der Waals surface area contributed by atoms with E-state index < -0.39 is 5.63 Å². The van der Waals surface area contributed by atoms with Crippen LogP contribution in [0.2, 0.25) is 0 Å². The van der Waals surface area contributed by atoms with E-state index in [4.69, 9.17) is 9.15 Å². The van der Waals surface area contributed by atoms with E-state index >= 15 is 0 Å². The fraction of sp³-hybridized carbons (Fsp3) is 0.167. The van der Waals surface area contributed by atoms with E-state index in [0.717, 1.165) is 21.4 Å². The summed E-state index contributed by atoms with van der Waals surface area (Å²) < 4.78 is 11.1. The van der Waals surface area contributed by atoms with Gasteiger partial charge in [-0.1, -0.05) is 30.3 Å². The van der Waals surface area contributed by atoms with Crippen LogP contribution >= 0.6 is 11.3 Å². The van der Waals surface area contributed by atoms with E-state index in [1.807, 2.05) is 54.8 Å². The highest BCUT2D eigenvalue weighted by Gasteiger charge is 2.13. The molecule has 0 unspecified atom stereocenters. The first-order valence-corrected chi connectivity index (χ1v) is 10.4. The van der Waals surface area contributed by atoms with Crippen LogP contribution in [0.1, 0.15) is 10.4 Å². The van der Waals surface area contributed by atoms with E-state index in [1.165, 1.54) is 11.6 Å². The highest BCUT2D eigenvalue weighted by molar-refractivity contribution is 7.10. The number of ether oxygens (including phenoxy) is 1. The average Bonchev–Trinajstić information content (AvgIpc) is 3.16. The van der Waals surface area contributed by atoms with Gasteiger partial charge in [0.25, 0.3) is 5.91 Å². The van der Waals surface area contributed by atoms with Crippen molar-refractivity contribution in [2.24, 2.45) is 0 Å². The van der Waals surface area contributed by atoms with Gasteiger partial charge in [0.2, 0.25) is 0 Å². The molecule has 0 bridgehead atoms. The van der Waals surface area contributed by atoms with Crippen molar-refractivity contribution in [3.63, 3.8) is 0 Å². The lowest BCUT2D eigenvalue weighted by Gasteiger charge is -2.17. The maximum Gasteiger partial charge on any atom is 0.336 e. The van der Waals surface area contributed by atoms with Gasteiger partial charge >= 0.3 is 5.63 Å². The largest absolute Gasteiger partial charge is 0.484 e. The van der Waals surface area contributed by atoms with Crippen molar-refractivity contribution in [1.82, 2.24) is 4.90 Å². The predicted molar refractivity (Wildman–Crippen MR) is 119 cm³/mol. The third-order valence-electron chi connectivity index (χ3n) is 4.94. The number of likely N-dealkylation sites (N-methyl/N-ethyl adjacent to an activating group) is 1. The number of aryl methyl sites for hydroxylation is 1. The van der Waals surface area contributed by atoms with Gasteiger partial charge in [0.05, 0.1) is 6.54 Å². The normalized spacial score (nSPS) is 10.9. The van der Waals surface area contributed by atoms with E-state index in [9.17, 15) is 9.59 Å². The van der Waals surface area contributed by atoms with Crippen molar-refractivity contribution in [3.05, 3.63) is 86.9 Å². The molecule has 152 valence electrons. The monoisotopic (exact) mass is 419 g/mol. The van der Waals surface area contributed by atoms with Crippen LogP contribution in [-0.4, -0.2) is 24.5 Å². The van der Waals surface area contributed by atoms with Crippen molar-refractivity contribution in [1.29, 1.82) is 0 Å². The molecule has 4 rings (SSSR count). The Labute approximate surface area is 178 Å². The highest BCUT2D eigenvalue weighted by Crippen LogP contribution is 2.29. The lowest BCUT2D eigenvalue weighted by Crippen LogP contribution is -2.30. The van der Waals surface area contributed by atoms with Gasteiger partial charge in [-0.15, -0.1) is 11.3 Å². The SMILES string of the molecule is Cc1ccsc1CN(C)C(=O)COc1ccc2c(-c3ccccc3)cc(=O)oc2c1. The second kappa shape index (κ2) is 8.55. The Morgan fingerprint density at radius 2 is 1.90 bits per heavy atom. The van der Waals surface area contributed by atoms with Crippen molar-refractivity contribution >= 4 is 28.2 Å². The van der Waals surface area contributed by atoms with Crippen LogP contribution in [0.3, 0.4) is 0 Å². The maximum atomic E-state index is 12.4. The molecule has 30 heavy (non-hydrogen) atoms. The first-order valence-electron chi connectivity index (χ1n) is 9.54. The van der Waals surface area contributed by atoms with Crippen LogP contribution in [0.15, 0.2) is 75.3 Å². The third kappa shape index (κ3) is 4.28. The Hall–Kier alpha value is -3.38. The van der Waals surface area contributed by atoms with E-state index in [-0.39, 0.29) is 12.5 Å². The van der Waals surface area contributed by atoms with Gasteiger partial charge in [0, 0.05) is 29.4 Å². The first kappa shape index (κ1) is 19.9. The van der Waals surface area contributed by atoms with Gasteiger partial charge < -0.3 is 14.1 Å². The Morgan fingerprint density at radius 3 is 2.63 bits per heavy atom. The lowest BCUT2D eigenvalue weighted by atomic mass is 10.0. The number of carbonyl (C=O) groups excluding carboxylic acids is 1.